The minimum Gasteiger partial charge on any atom is -0.496 e. The minimum absolute atomic E-state index is 0.227. The quantitative estimate of drug-likeness (QED) is 0.648. The molecule has 0 aliphatic rings. The third-order valence-corrected chi connectivity index (χ3v) is 4.30. The number of aromatic nitrogens is 2. The first-order valence-corrected chi connectivity index (χ1v) is 7.98. The third-order valence-electron chi connectivity index (χ3n) is 3.99. The molecule has 25 heavy (non-hydrogen) atoms. The van der Waals surface area contributed by atoms with Crippen molar-refractivity contribution in [1.82, 2.24) is 9.78 Å². The Bertz CT molecular complexity index is 966. The molecule has 0 bridgehead atoms. The SMILES string of the molecule is COc1ccccc1C(=O)c1c(-c2ccc(F)cc2Cl)c(C)nn1C. The molecule has 0 N–H and O–H groups in total. The Morgan fingerprint density at radius 2 is 1.96 bits per heavy atom. The molecule has 0 spiro atoms. The normalized spacial score (nSPS) is 10.8. The highest BCUT2D eigenvalue weighted by Crippen LogP contribution is 2.35. The fourth-order valence-electron chi connectivity index (χ4n) is 2.89. The molecule has 6 heteroatoms. The van der Waals surface area contributed by atoms with Crippen molar-refractivity contribution in [1.29, 1.82) is 0 Å². The number of carbonyl (C=O) groups excluding carboxylic acids is 1. The number of aryl methyl sites for hydroxylation is 2. The summed E-state index contributed by atoms with van der Waals surface area (Å²) in [5, 5.41) is 4.58. The number of nitrogens with zero attached hydrogens (tertiary/aromatic N) is 2. The van der Waals surface area contributed by atoms with Crippen LogP contribution in [0.25, 0.3) is 11.1 Å². The maximum atomic E-state index is 13.4. The molecule has 1 heterocycles. The largest absolute Gasteiger partial charge is 0.496 e. The van der Waals surface area contributed by atoms with Gasteiger partial charge in [-0.05, 0) is 37.3 Å². The molecule has 0 aliphatic heterocycles. The molecule has 0 atom stereocenters. The second kappa shape index (κ2) is 6.69. The van der Waals surface area contributed by atoms with Crippen molar-refractivity contribution >= 4 is 17.4 Å². The van der Waals surface area contributed by atoms with E-state index in [1.165, 1.54) is 23.9 Å². The van der Waals surface area contributed by atoms with Gasteiger partial charge in [0.25, 0.3) is 0 Å². The van der Waals surface area contributed by atoms with Crippen LogP contribution in [0.1, 0.15) is 21.7 Å². The average molecular weight is 359 g/mol. The molecule has 128 valence electrons. The van der Waals surface area contributed by atoms with Gasteiger partial charge < -0.3 is 4.74 Å². The predicted octanol–water partition coefficient (Wildman–Crippen LogP) is 4.43. The Morgan fingerprint density at radius 1 is 1.24 bits per heavy atom. The van der Waals surface area contributed by atoms with Crippen LogP contribution in [0.3, 0.4) is 0 Å². The van der Waals surface area contributed by atoms with Gasteiger partial charge in [0.2, 0.25) is 5.78 Å². The number of halogens is 2. The lowest BCUT2D eigenvalue weighted by atomic mass is 9.97. The molecule has 2 aromatic carbocycles. The van der Waals surface area contributed by atoms with Gasteiger partial charge in [0.15, 0.2) is 0 Å². The summed E-state index contributed by atoms with van der Waals surface area (Å²) >= 11 is 6.21. The van der Waals surface area contributed by atoms with E-state index in [1.807, 2.05) is 0 Å². The van der Waals surface area contributed by atoms with Crippen LogP contribution in [0.5, 0.6) is 5.75 Å². The summed E-state index contributed by atoms with van der Waals surface area (Å²) in [7, 11) is 3.20. The molecule has 0 unspecified atom stereocenters. The fraction of sp³-hybridized carbons (Fsp3) is 0.158. The number of benzene rings is 2. The Kier molecular flexibility index (Phi) is 4.59. The monoisotopic (exact) mass is 358 g/mol. The first-order chi connectivity index (χ1) is 11.9. The van der Waals surface area contributed by atoms with E-state index in [0.717, 1.165) is 0 Å². The van der Waals surface area contributed by atoms with Crippen molar-refractivity contribution in [3.05, 3.63) is 70.3 Å². The van der Waals surface area contributed by atoms with Crippen molar-refractivity contribution in [2.75, 3.05) is 7.11 Å². The van der Waals surface area contributed by atoms with E-state index in [0.29, 0.717) is 33.8 Å². The lowest BCUT2D eigenvalue weighted by molar-refractivity contribution is 0.102. The molecule has 0 saturated carbocycles. The lowest BCUT2D eigenvalue weighted by Gasteiger charge is -2.10. The summed E-state index contributed by atoms with van der Waals surface area (Å²) in [4.78, 5) is 13.2. The maximum Gasteiger partial charge on any atom is 0.215 e. The van der Waals surface area contributed by atoms with Crippen molar-refractivity contribution in [3.63, 3.8) is 0 Å². The second-order valence-corrected chi connectivity index (χ2v) is 5.99. The molecule has 1 aromatic heterocycles. The molecule has 0 fully saturated rings. The van der Waals surface area contributed by atoms with E-state index in [-0.39, 0.29) is 10.8 Å². The van der Waals surface area contributed by atoms with E-state index < -0.39 is 5.82 Å². The van der Waals surface area contributed by atoms with Crippen molar-refractivity contribution in [2.24, 2.45) is 7.05 Å². The highest BCUT2D eigenvalue weighted by atomic mass is 35.5. The Balaban J connectivity index is 2.22. The zero-order valence-corrected chi connectivity index (χ0v) is 14.8. The number of ketones is 1. The number of methoxy groups -OCH3 is 1. The zero-order chi connectivity index (χ0) is 18.1. The van der Waals surface area contributed by atoms with Crippen LogP contribution in [0, 0.1) is 12.7 Å². The Morgan fingerprint density at radius 3 is 2.64 bits per heavy atom. The molecular weight excluding hydrogens is 343 g/mol. The van der Waals surface area contributed by atoms with Crippen molar-refractivity contribution < 1.29 is 13.9 Å². The van der Waals surface area contributed by atoms with Crippen LogP contribution in [0.2, 0.25) is 5.02 Å². The zero-order valence-electron chi connectivity index (χ0n) is 14.0. The smallest absolute Gasteiger partial charge is 0.215 e. The molecular formula is C19H16ClFN2O2. The third kappa shape index (κ3) is 3.03. The topological polar surface area (TPSA) is 44.1 Å². The Hall–Kier alpha value is -2.66. The molecule has 3 rings (SSSR count). The molecule has 3 aromatic rings. The van der Waals surface area contributed by atoms with E-state index in [1.54, 1.807) is 44.3 Å². The molecule has 0 amide bonds. The summed E-state index contributed by atoms with van der Waals surface area (Å²) in [5.74, 6) is -0.202. The van der Waals surface area contributed by atoms with Gasteiger partial charge >= 0.3 is 0 Å². The number of para-hydroxylation sites is 1. The Labute approximate surface area is 149 Å². The van der Waals surface area contributed by atoms with Gasteiger partial charge in [-0.1, -0.05) is 23.7 Å². The minimum atomic E-state index is -0.437. The molecule has 4 nitrogen and oxygen atoms in total. The summed E-state index contributed by atoms with van der Waals surface area (Å²) in [6, 6.07) is 11.1. The molecule has 0 aliphatic carbocycles. The first-order valence-electron chi connectivity index (χ1n) is 7.60. The average Bonchev–Trinajstić information content (AvgIpc) is 2.88. The highest BCUT2D eigenvalue weighted by molar-refractivity contribution is 6.33. The van der Waals surface area contributed by atoms with Crippen LogP contribution in [-0.2, 0) is 7.05 Å². The highest BCUT2D eigenvalue weighted by Gasteiger charge is 2.25. The number of rotatable bonds is 4. The van der Waals surface area contributed by atoms with E-state index in [4.69, 9.17) is 16.3 Å². The van der Waals surface area contributed by atoms with Gasteiger partial charge in [-0.25, -0.2) is 4.39 Å². The summed E-state index contributed by atoms with van der Waals surface area (Å²) in [6.07, 6.45) is 0. The van der Waals surface area contributed by atoms with Gasteiger partial charge in [0, 0.05) is 18.2 Å². The van der Waals surface area contributed by atoms with Gasteiger partial charge in [-0.3, -0.25) is 9.48 Å². The van der Waals surface area contributed by atoms with Crippen LogP contribution >= 0.6 is 11.6 Å². The van der Waals surface area contributed by atoms with Crippen LogP contribution in [0.15, 0.2) is 42.5 Å². The lowest BCUT2D eigenvalue weighted by Crippen LogP contribution is -2.11. The maximum absolute atomic E-state index is 13.4. The van der Waals surface area contributed by atoms with Crippen LogP contribution in [-0.4, -0.2) is 22.7 Å². The van der Waals surface area contributed by atoms with Crippen LogP contribution in [0.4, 0.5) is 4.39 Å². The van der Waals surface area contributed by atoms with E-state index in [2.05, 4.69) is 5.10 Å². The van der Waals surface area contributed by atoms with E-state index >= 15 is 0 Å². The van der Waals surface area contributed by atoms with E-state index in [9.17, 15) is 9.18 Å². The number of ether oxygens (including phenoxy) is 1. The van der Waals surface area contributed by atoms with Gasteiger partial charge in [0.1, 0.15) is 17.3 Å². The summed E-state index contributed by atoms with van der Waals surface area (Å²) < 4.78 is 20.2. The fourth-order valence-corrected chi connectivity index (χ4v) is 3.15. The predicted molar refractivity (Wildman–Crippen MR) is 94.8 cm³/mol. The standard InChI is InChI=1S/C19H16ClFN2O2/c1-11-17(13-9-8-12(21)10-15(13)20)18(23(2)22-11)19(24)14-6-4-5-7-16(14)25-3/h4-10H,1-3H3. The number of hydrogen-bond acceptors (Lipinski definition) is 3. The number of carbonyl (C=O) groups is 1. The first kappa shape index (κ1) is 17.2. The summed E-state index contributed by atoms with van der Waals surface area (Å²) in [6.45, 7) is 1.79. The second-order valence-electron chi connectivity index (χ2n) is 5.59. The van der Waals surface area contributed by atoms with Gasteiger partial charge in [0.05, 0.1) is 23.4 Å². The molecule has 0 radical (unpaired) electrons. The van der Waals surface area contributed by atoms with Crippen molar-refractivity contribution in [2.45, 2.75) is 6.92 Å². The van der Waals surface area contributed by atoms with Gasteiger partial charge in [-0.2, -0.15) is 5.10 Å². The van der Waals surface area contributed by atoms with Gasteiger partial charge in [-0.15, -0.1) is 0 Å². The van der Waals surface area contributed by atoms with Crippen LogP contribution < -0.4 is 4.74 Å². The van der Waals surface area contributed by atoms with Crippen molar-refractivity contribution in [3.8, 4) is 16.9 Å². The molecule has 0 saturated heterocycles. The summed E-state index contributed by atoms with van der Waals surface area (Å²) in [5.41, 5.74) is 2.58. The number of hydrogen-bond donors (Lipinski definition) is 0.